The SMILES string of the molecule is COc1ccc(CCNC(C)=O)c(Br)c1O. The Kier molecular flexibility index (Phi) is 4.61. The highest BCUT2D eigenvalue weighted by Crippen LogP contribution is 2.36. The number of phenols is 1. The van der Waals surface area contributed by atoms with Crippen molar-refractivity contribution in [3.05, 3.63) is 22.2 Å². The number of hydrogen-bond acceptors (Lipinski definition) is 3. The number of methoxy groups -OCH3 is 1. The van der Waals surface area contributed by atoms with E-state index in [1.54, 1.807) is 6.07 Å². The Balaban J connectivity index is 2.74. The molecule has 1 rings (SSSR count). The first-order chi connectivity index (χ1) is 7.56. The first kappa shape index (κ1) is 12.8. The van der Waals surface area contributed by atoms with Crippen LogP contribution in [0.25, 0.3) is 0 Å². The maximum atomic E-state index is 10.7. The minimum Gasteiger partial charge on any atom is -0.503 e. The van der Waals surface area contributed by atoms with Crippen molar-refractivity contribution in [2.75, 3.05) is 13.7 Å². The van der Waals surface area contributed by atoms with Crippen molar-refractivity contribution in [1.82, 2.24) is 5.32 Å². The molecule has 1 aromatic carbocycles. The van der Waals surface area contributed by atoms with E-state index in [-0.39, 0.29) is 11.7 Å². The summed E-state index contributed by atoms with van der Waals surface area (Å²) in [5.41, 5.74) is 0.923. The van der Waals surface area contributed by atoms with Crippen molar-refractivity contribution in [2.45, 2.75) is 13.3 Å². The fourth-order valence-electron chi connectivity index (χ4n) is 1.32. The van der Waals surface area contributed by atoms with Crippen LogP contribution in [-0.4, -0.2) is 24.7 Å². The van der Waals surface area contributed by atoms with E-state index in [1.165, 1.54) is 14.0 Å². The lowest BCUT2D eigenvalue weighted by Gasteiger charge is -2.10. The number of amides is 1. The van der Waals surface area contributed by atoms with E-state index < -0.39 is 0 Å². The summed E-state index contributed by atoms with van der Waals surface area (Å²) < 4.78 is 5.58. The number of carbonyl (C=O) groups is 1. The summed E-state index contributed by atoms with van der Waals surface area (Å²) in [4.78, 5) is 10.7. The van der Waals surface area contributed by atoms with Gasteiger partial charge < -0.3 is 15.2 Å². The first-order valence-corrected chi connectivity index (χ1v) is 5.64. The lowest BCUT2D eigenvalue weighted by atomic mass is 10.1. The predicted octanol–water partition coefficient (Wildman–Crippen LogP) is 1.84. The van der Waals surface area contributed by atoms with Crippen LogP contribution in [0.2, 0.25) is 0 Å². The zero-order chi connectivity index (χ0) is 12.1. The molecule has 1 aromatic rings. The first-order valence-electron chi connectivity index (χ1n) is 4.85. The minimum atomic E-state index is -0.0612. The van der Waals surface area contributed by atoms with E-state index in [0.717, 1.165) is 5.56 Å². The predicted molar refractivity (Wildman–Crippen MR) is 64.7 cm³/mol. The van der Waals surface area contributed by atoms with Crippen LogP contribution in [0.4, 0.5) is 0 Å². The van der Waals surface area contributed by atoms with Crippen molar-refractivity contribution in [3.63, 3.8) is 0 Å². The molecule has 5 heteroatoms. The highest BCUT2D eigenvalue weighted by Gasteiger charge is 2.10. The van der Waals surface area contributed by atoms with Gasteiger partial charge in [-0.15, -0.1) is 0 Å². The molecule has 4 nitrogen and oxygen atoms in total. The summed E-state index contributed by atoms with van der Waals surface area (Å²) in [7, 11) is 1.50. The molecule has 0 heterocycles. The molecule has 0 aromatic heterocycles. The lowest BCUT2D eigenvalue weighted by molar-refractivity contribution is -0.118. The summed E-state index contributed by atoms with van der Waals surface area (Å²) in [5.74, 6) is 0.451. The zero-order valence-electron chi connectivity index (χ0n) is 9.21. The summed E-state index contributed by atoms with van der Waals surface area (Å²) in [5, 5.41) is 12.4. The lowest BCUT2D eigenvalue weighted by Crippen LogP contribution is -2.22. The molecule has 0 aliphatic rings. The average Bonchev–Trinajstić information content (AvgIpc) is 2.24. The van der Waals surface area contributed by atoms with E-state index in [2.05, 4.69) is 21.2 Å². The van der Waals surface area contributed by atoms with Crippen molar-refractivity contribution in [3.8, 4) is 11.5 Å². The van der Waals surface area contributed by atoms with Crippen LogP contribution in [0.3, 0.4) is 0 Å². The highest BCUT2D eigenvalue weighted by atomic mass is 79.9. The molecule has 1 amide bonds. The van der Waals surface area contributed by atoms with Gasteiger partial charge in [-0.2, -0.15) is 0 Å². The number of halogens is 1. The second kappa shape index (κ2) is 5.75. The third-order valence-corrected chi connectivity index (χ3v) is 3.03. The summed E-state index contributed by atoms with van der Waals surface area (Å²) in [6, 6.07) is 3.55. The molecule has 0 fully saturated rings. The Labute approximate surface area is 103 Å². The number of phenolic OH excluding ortho intramolecular Hbond substituents is 1. The number of benzene rings is 1. The third-order valence-electron chi connectivity index (χ3n) is 2.15. The van der Waals surface area contributed by atoms with Crippen molar-refractivity contribution < 1.29 is 14.6 Å². The highest BCUT2D eigenvalue weighted by molar-refractivity contribution is 9.10. The van der Waals surface area contributed by atoms with Crippen LogP contribution < -0.4 is 10.1 Å². The molecule has 0 bridgehead atoms. The number of nitrogens with one attached hydrogen (secondary N) is 1. The molecule has 2 N–H and O–H groups in total. The molecule has 0 spiro atoms. The van der Waals surface area contributed by atoms with Gasteiger partial charge in [-0.3, -0.25) is 4.79 Å². The quantitative estimate of drug-likeness (QED) is 0.889. The van der Waals surface area contributed by atoms with E-state index in [1.807, 2.05) is 6.07 Å². The van der Waals surface area contributed by atoms with Gasteiger partial charge in [0.1, 0.15) is 0 Å². The molecule has 0 saturated heterocycles. The molecule has 0 aliphatic heterocycles. The van der Waals surface area contributed by atoms with Gasteiger partial charge in [-0.05, 0) is 34.0 Å². The Hall–Kier alpha value is -1.23. The summed E-state index contributed by atoms with van der Waals surface area (Å²) in [6.07, 6.45) is 0.651. The molecule has 88 valence electrons. The van der Waals surface area contributed by atoms with Gasteiger partial charge in [0.2, 0.25) is 5.91 Å². The topological polar surface area (TPSA) is 58.6 Å². The van der Waals surface area contributed by atoms with Crippen LogP contribution >= 0.6 is 15.9 Å². The Morgan fingerprint density at radius 2 is 2.25 bits per heavy atom. The molecule has 0 unspecified atom stereocenters. The van der Waals surface area contributed by atoms with Crippen LogP contribution in [0.5, 0.6) is 11.5 Å². The number of aromatic hydroxyl groups is 1. The second-order valence-electron chi connectivity index (χ2n) is 3.32. The number of ether oxygens (including phenoxy) is 1. The van der Waals surface area contributed by atoms with Crippen LogP contribution in [-0.2, 0) is 11.2 Å². The van der Waals surface area contributed by atoms with Gasteiger partial charge in [0.15, 0.2) is 11.5 Å². The van der Waals surface area contributed by atoms with E-state index in [9.17, 15) is 9.90 Å². The van der Waals surface area contributed by atoms with Gasteiger partial charge in [0.25, 0.3) is 0 Å². The summed E-state index contributed by atoms with van der Waals surface area (Å²) in [6.45, 7) is 2.01. The Morgan fingerprint density at radius 1 is 1.56 bits per heavy atom. The third kappa shape index (κ3) is 3.13. The molecule has 16 heavy (non-hydrogen) atoms. The Morgan fingerprint density at radius 3 is 2.81 bits per heavy atom. The van der Waals surface area contributed by atoms with Gasteiger partial charge in [-0.1, -0.05) is 6.07 Å². The van der Waals surface area contributed by atoms with Crippen molar-refractivity contribution in [2.24, 2.45) is 0 Å². The van der Waals surface area contributed by atoms with Gasteiger partial charge in [-0.25, -0.2) is 0 Å². The van der Waals surface area contributed by atoms with Crippen LogP contribution in [0, 0.1) is 0 Å². The fourth-order valence-corrected chi connectivity index (χ4v) is 1.85. The monoisotopic (exact) mass is 287 g/mol. The number of carbonyl (C=O) groups excluding carboxylic acids is 1. The Bertz CT molecular complexity index is 393. The van der Waals surface area contributed by atoms with Crippen LogP contribution in [0.15, 0.2) is 16.6 Å². The molecule has 0 aliphatic carbocycles. The average molecular weight is 288 g/mol. The zero-order valence-corrected chi connectivity index (χ0v) is 10.8. The molecular formula is C11H14BrNO3. The normalized spacial score (nSPS) is 9.94. The second-order valence-corrected chi connectivity index (χ2v) is 4.12. The summed E-state index contributed by atoms with van der Waals surface area (Å²) >= 11 is 3.30. The minimum absolute atomic E-state index is 0.0612. The van der Waals surface area contributed by atoms with Crippen molar-refractivity contribution in [1.29, 1.82) is 0 Å². The molecule has 0 saturated carbocycles. The van der Waals surface area contributed by atoms with E-state index in [0.29, 0.717) is 23.2 Å². The maximum Gasteiger partial charge on any atom is 0.216 e. The molecule has 0 atom stereocenters. The van der Waals surface area contributed by atoms with Gasteiger partial charge >= 0.3 is 0 Å². The molecule has 0 radical (unpaired) electrons. The number of hydrogen-bond donors (Lipinski definition) is 2. The van der Waals surface area contributed by atoms with Gasteiger partial charge in [0.05, 0.1) is 11.6 Å². The number of rotatable bonds is 4. The van der Waals surface area contributed by atoms with Gasteiger partial charge in [0, 0.05) is 13.5 Å². The van der Waals surface area contributed by atoms with Crippen molar-refractivity contribution >= 4 is 21.8 Å². The smallest absolute Gasteiger partial charge is 0.216 e. The molecular weight excluding hydrogens is 274 g/mol. The maximum absolute atomic E-state index is 10.7. The fraction of sp³-hybridized carbons (Fsp3) is 0.364. The standard InChI is InChI=1S/C11H14BrNO3/c1-7(14)13-6-5-8-3-4-9(16-2)11(15)10(8)12/h3-4,15H,5-6H2,1-2H3,(H,13,14). The van der Waals surface area contributed by atoms with E-state index in [4.69, 9.17) is 4.74 Å². The van der Waals surface area contributed by atoms with Crippen LogP contribution in [0.1, 0.15) is 12.5 Å². The largest absolute Gasteiger partial charge is 0.503 e. The van der Waals surface area contributed by atoms with E-state index >= 15 is 0 Å².